The number of nitrogens with zero attached hydrogens (tertiary/aromatic N) is 3. The number of methoxy groups -OCH3 is 1. The van der Waals surface area contributed by atoms with Gasteiger partial charge in [0.1, 0.15) is 11.6 Å². The van der Waals surface area contributed by atoms with Gasteiger partial charge >= 0.3 is 0 Å². The van der Waals surface area contributed by atoms with Gasteiger partial charge in [-0.2, -0.15) is 10.4 Å². The lowest BCUT2D eigenvalue weighted by Gasteiger charge is -2.07. The molecule has 0 radical (unpaired) electrons. The molecule has 2 aromatic rings. The smallest absolute Gasteiger partial charge is 0.231 e. The zero-order valence-electron chi connectivity index (χ0n) is 10.2. The fraction of sp³-hybridized carbons (Fsp3) is 0.250. The summed E-state index contributed by atoms with van der Waals surface area (Å²) in [6.45, 7) is 2.58. The van der Waals surface area contributed by atoms with Crippen LogP contribution in [-0.4, -0.2) is 22.3 Å². The average molecular weight is 243 g/mol. The van der Waals surface area contributed by atoms with E-state index in [0.717, 1.165) is 16.9 Å². The first-order valence-electron chi connectivity index (χ1n) is 5.41. The summed E-state index contributed by atoms with van der Waals surface area (Å²) in [6.07, 6.45) is 3.40. The zero-order chi connectivity index (χ0) is 13.0. The molecule has 18 heavy (non-hydrogen) atoms. The highest BCUT2D eigenvalue weighted by atomic mass is 16.5. The maximum absolute atomic E-state index is 8.96. The number of aromatic nitrogens is 3. The molecule has 0 amide bonds. The number of aryl methyl sites for hydroxylation is 1. The molecular formula is C12H13N5O. The van der Waals surface area contributed by atoms with Gasteiger partial charge in [-0.1, -0.05) is 0 Å². The van der Waals surface area contributed by atoms with Crippen molar-refractivity contribution in [1.29, 1.82) is 5.26 Å². The number of hydrogen-bond donors (Lipinski definition) is 2. The number of pyridine rings is 1. The molecule has 0 saturated heterocycles. The molecule has 0 aliphatic rings. The van der Waals surface area contributed by atoms with Gasteiger partial charge < -0.3 is 10.1 Å². The fourth-order valence-electron chi connectivity index (χ4n) is 1.54. The van der Waals surface area contributed by atoms with E-state index in [1.54, 1.807) is 18.5 Å². The number of anilines is 1. The molecule has 0 bridgehead atoms. The van der Waals surface area contributed by atoms with Gasteiger partial charge in [0.05, 0.1) is 25.2 Å². The first-order valence-corrected chi connectivity index (χ1v) is 5.41. The van der Waals surface area contributed by atoms with E-state index in [2.05, 4.69) is 20.5 Å². The van der Waals surface area contributed by atoms with Gasteiger partial charge in [0.2, 0.25) is 5.88 Å². The maximum Gasteiger partial charge on any atom is 0.231 e. The predicted octanol–water partition coefficient (Wildman–Crippen LogP) is 1.61. The predicted molar refractivity (Wildman–Crippen MR) is 66.2 cm³/mol. The molecule has 0 aliphatic heterocycles. The topological polar surface area (TPSA) is 86.6 Å². The summed E-state index contributed by atoms with van der Waals surface area (Å²) in [7, 11) is 1.49. The maximum atomic E-state index is 8.96. The minimum absolute atomic E-state index is 0.336. The van der Waals surface area contributed by atoms with Gasteiger partial charge in [-0.25, -0.2) is 4.98 Å². The molecule has 2 heterocycles. The Hall–Kier alpha value is -2.55. The number of ether oxygens (including phenoxy) is 1. The van der Waals surface area contributed by atoms with Gasteiger partial charge in [0.15, 0.2) is 0 Å². The molecule has 92 valence electrons. The zero-order valence-corrected chi connectivity index (χ0v) is 10.2. The molecule has 6 heteroatoms. The molecule has 0 saturated carbocycles. The van der Waals surface area contributed by atoms with Crippen molar-refractivity contribution < 1.29 is 4.74 Å². The van der Waals surface area contributed by atoms with E-state index in [9.17, 15) is 0 Å². The summed E-state index contributed by atoms with van der Waals surface area (Å²) >= 11 is 0. The summed E-state index contributed by atoms with van der Waals surface area (Å²) in [5.74, 6) is 0.336. The van der Waals surface area contributed by atoms with E-state index < -0.39 is 0 Å². The molecule has 0 atom stereocenters. The number of nitrogens with one attached hydrogen (secondary N) is 2. The summed E-state index contributed by atoms with van der Waals surface area (Å²) in [5.41, 5.74) is 3.27. The molecule has 0 fully saturated rings. The average Bonchev–Trinajstić information content (AvgIpc) is 2.81. The van der Waals surface area contributed by atoms with E-state index >= 15 is 0 Å². The van der Waals surface area contributed by atoms with Crippen LogP contribution in [0.4, 0.5) is 5.69 Å². The Morgan fingerprint density at radius 1 is 1.50 bits per heavy atom. The number of hydrogen-bond acceptors (Lipinski definition) is 5. The van der Waals surface area contributed by atoms with E-state index in [1.807, 2.05) is 13.0 Å². The lowest BCUT2D eigenvalue weighted by molar-refractivity contribution is 0.396. The van der Waals surface area contributed by atoms with E-state index in [0.29, 0.717) is 18.0 Å². The second-order valence-corrected chi connectivity index (χ2v) is 3.77. The van der Waals surface area contributed by atoms with Gasteiger partial charge in [-0.3, -0.25) is 5.10 Å². The Morgan fingerprint density at radius 2 is 2.33 bits per heavy atom. The normalized spacial score (nSPS) is 9.83. The molecule has 6 nitrogen and oxygen atoms in total. The third kappa shape index (κ3) is 2.40. The summed E-state index contributed by atoms with van der Waals surface area (Å²) in [5, 5.41) is 19.0. The summed E-state index contributed by atoms with van der Waals surface area (Å²) in [4.78, 5) is 4.06. The molecule has 0 spiro atoms. The Morgan fingerprint density at radius 3 is 2.94 bits per heavy atom. The SMILES string of the molecule is COc1ncc(NCc2cn[nH]c2C)cc1C#N. The van der Waals surface area contributed by atoms with Crippen LogP contribution in [0, 0.1) is 18.3 Å². The van der Waals surface area contributed by atoms with Crippen LogP contribution in [0.25, 0.3) is 0 Å². The van der Waals surface area contributed by atoms with Crippen molar-refractivity contribution in [2.75, 3.05) is 12.4 Å². The van der Waals surface area contributed by atoms with Crippen LogP contribution < -0.4 is 10.1 Å². The Kier molecular flexibility index (Phi) is 3.44. The van der Waals surface area contributed by atoms with Gasteiger partial charge in [-0.15, -0.1) is 0 Å². The molecule has 0 unspecified atom stereocenters. The highest BCUT2D eigenvalue weighted by Crippen LogP contribution is 2.18. The van der Waals surface area contributed by atoms with Crippen molar-refractivity contribution in [2.45, 2.75) is 13.5 Å². The van der Waals surface area contributed by atoms with Crippen LogP contribution >= 0.6 is 0 Å². The second-order valence-electron chi connectivity index (χ2n) is 3.77. The number of aromatic amines is 1. The van der Waals surface area contributed by atoms with Gasteiger partial charge in [0, 0.05) is 17.8 Å². The molecule has 2 N–H and O–H groups in total. The van der Waals surface area contributed by atoms with Crippen molar-refractivity contribution >= 4 is 5.69 Å². The highest BCUT2D eigenvalue weighted by Gasteiger charge is 2.06. The third-order valence-corrected chi connectivity index (χ3v) is 2.58. The first-order chi connectivity index (χ1) is 8.74. The first kappa shape index (κ1) is 11.9. The Balaban J connectivity index is 2.11. The lowest BCUT2D eigenvalue weighted by Crippen LogP contribution is -2.01. The minimum atomic E-state index is 0.336. The molecule has 0 aromatic carbocycles. The molecular weight excluding hydrogens is 230 g/mol. The summed E-state index contributed by atoms with van der Waals surface area (Å²) in [6, 6.07) is 3.76. The van der Waals surface area contributed by atoms with E-state index in [4.69, 9.17) is 10.00 Å². The van der Waals surface area contributed by atoms with Crippen LogP contribution in [0.1, 0.15) is 16.8 Å². The lowest BCUT2D eigenvalue weighted by atomic mass is 10.2. The van der Waals surface area contributed by atoms with Crippen LogP contribution in [0.5, 0.6) is 5.88 Å². The van der Waals surface area contributed by atoms with Crippen molar-refractivity contribution in [1.82, 2.24) is 15.2 Å². The van der Waals surface area contributed by atoms with Crippen LogP contribution in [-0.2, 0) is 6.54 Å². The van der Waals surface area contributed by atoms with Crippen molar-refractivity contribution in [3.05, 3.63) is 35.3 Å². The molecule has 2 aromatic heterocycles. The van der Waals surface area contributed by atoms with Crippen LogP contribution in [0.2, 0.25) is 0 Å². The molecule has 0 aliphatic carbocycles. The Labute approximate surface area is 105 Å². The fourth-order valence-corrected chi connectivity index (χ4v) is 1.54. The standard InChI is InChI=1S/C12H13N5O/c1-8-10(6-16-17-8)5-14-11-3-9(4-13)12(18-2)15-7-11/h3,6-7,14H,5H2,1-2H3,(H,16,17). The molecule has 2 rings (SSSR count). The monoisotopic (exact) mass is 243 g/mol. The highest BCUT2D eigenvalue weighted by molar-refractivity contribution is 5.51. The number of nitriles is 1. The third-order valence-electron chi connectivity index (χ3n) is 2.58. The van der Waals surface area contributed by atoms with E-state index in [-0.39, 0.29) is 0 Å². The Bertz CT molecular complexity index is 584. The van der Waals surface area contributed by atoms with Gasteiger partial charge in [0.25, 0.3) is 0 Å². The summed E-state index contributed by atoms with van der Waals surface area (Å²) < 4.78 is 4.98. The van der Waals surface area contributed by atoms with E-state index in [1.165, 1.54) is 7.11 Å². The largest absolute Gasteiger partial charge is 0.480 e. The van der Waals surface area contributed by atoms with Gasteiger partial charge in [-0.05, 0) is 13.0 Å². The number of rotatable bonds is 4. The van der Waals surface area contributed by atoms with Crippen LogP contribution in [0.15, 0.2) is 18.5 Å². The van der Waals surface area contributed by atoms with Crippen molar-refractivity contribution in [3.8, 4) is 11.9 Å². The number of H-pyrrole nitrogens is 1. The minimum Gasteiger partial charge on any atom is -0.480 e. The quantitative estimate of drug-likeness (QED) is 0.851. The second kappa shape index (κ2) is 5.19. The van der Waals surface area contributed by atoms with Crippen LogP contribution in [0.3, 0.4) is 0 Å². The van der Waals surface area contributed by atoms with Crippen molar-refractivity contribution in [3.63, 3.8) is 0 Å². The van der Waals surface area contributed by atoms with Crippen molar-refractivity contribution in [2.24, 2.45) is 0 Å².